The molecular weight excluding hydrogens is 346 g/mol. The van der Waals surface area contributed by atoms with Gasteiger partial charge in [0.15, 0.2) is 0 Å². The van der Waals surface area contributed by atoms with Gasteiger partial charge in [-0.05, 0) is 48.3 Å². The maximum absolute atomic E-state index is 12.6. The first-order chi connectivity index (χ1) is 12.6. The average Bonchev–Trinajstić information content (AvgIpc) is 2.67. The maximum Gasteiger partial charge on any atom is 0.251 e. The molecule has 0 heterocycles. The number of nitriles is 1. The molecule has 2 rings (SSSR count). The number of carbonyl (C=O) groups is 2. The van der Waals surface area contributed by atoms with Crippen LogP contribution >= 0.6 is 11.8 Å². The highest BCUT2D eigenvalue weighted by molar-refractivity contribution is 7.98. The monoisotopic (exact) mass is 367 g/mol. The second kappa shape index (κ2) is 10.3. The zero-order valence-corrected chi connectivity index (χ0v) is 15.4. The Bertz CT molecular complexity index is 770. The van der Waals surface area contributed by atoms with E-state index in [4.69, 9.17) is 5.26 Å². The van der Waals surface area contributed by atoms with Gasteiger partial charge in [0, 0.05) is 11.3 Å². The van der Waals surface area contributed by atoms with Gasteiger partial charge in [0.25, 0.3) is 5.91 Å². The summed E-state index contributed by atoms with van der Waals surface area (Å²) in [5.74, 6) is 0.237. The predicted octanol–water partition coefficient (Wildman–Crippen LogP) is 3.24. The number of hydrogen-bond acceptors (Lipinski definition) is 4. The van der Waals surface area contributed by atoms with Gasteiger partial charge in [-0.25, -0.2) is 0 Å². The quantitative estimate of drug-likeness (QED) is 0.750. The van der Waals surface area contributed by atoms with Crippen molar-refractivity contribution in [3.8, 4) is 6.07 Å². The topological polar surface area (TPSA) is 82.0 Å². The van der Waals surface area contributed by atoms with Crippen molar-refractivity contribution >= 4 is 29.3 Å². The van der Waals surface area contributed by atoms with Crippen LogP contribution in [-0.2, 0) is 11.2 Å². The summed E-state index contributed by atoms with van der Waals surface area (Å²) in [5.41, 5.74) is 2.05. The number of rotatable bonds is 8. The Balaban J connectivity index is 2.03. The van der Waals surface area contributed by atoms with E-state index in [9.17, 15) is 9.59 Å². The lowest BCUT2D eigenvalue weighted by Gasteiger charge is -2.18. The molecule has 0 radical (unpaired) electrons. The van der Waals surface area contributed by atoms with Crippen LogP contribution in [0, 0.1) is 11.3 Å². The van der Waals surface area contributed by atoms with Crippen LogP contribution in [0.1, 0.15) is 22.3 Å². The van der Waals surface area contributed by atoms with Gasteiger partial charge in [-0.1, -0.05) is 30.3 Å². The molecule has 0 bridgehead atoms. The first-order valence-electron chi connectivity index (χ1n) is 8.25. The van der Waals surface area contributed by atoms with Crippen molar-refractivity contribution in [2.24, 2.45) is 0 Å². The molecule has 26 heavy (non-hydrogen) atoms. The zero-order valence-electron chi connectivity index (χ0n) is 14.6. The van der Waals surface area contributed by atoms with Gasteiger partial charge < -0.3 is 10.6 Å². The minimum atomic E-state index is -0.617. The van der Waals surface area contributed by atoms with E-state index in [0.717, 1.165) is 11.3 Å². The second-order valence-corrected chi connectivity index (χ2v) is 6.68. The van der Waals surface area contributed by atoms with Crippen LogP contribution in [0.5, 0.6) is 0 Å². The fraction of sp³-hybridized carbons (Fsp3) is 0.250. The summed E-state index contributed by atoms with van der Waals surface area (Å²) < 4.78 is 0. The minimum absolute atomic E-state index is 0.253. The third-order valence-electron chi connectivity index (χ3n) is 3.77. The third-order valence-corrected chi connectivity index (χ3v) is 4.42. The summed E-state index contributed by atoms with van der Waals surface area (Å²) in [6, 6.07) is 17.4. The summed E-state index contributed by atoms with van der Waals surface area (Å²) >= 11 is 1.62. The molecule has 0 saturated carbocycles. The van der Waals surface area contributed by atoms with E-state index in [1.54, 1.807) is 60.3 Å². The number of carbonyl (C=O) groups excluding carboxylic acids is 2. The molecular formula is C20H21N3O2S. The molecule has 134 valence electrons. The van der Waals surface area contributed by atoms with Gasteiger partial charge in [0.2, 0.25) is 5.91 Å². The van der Waals surface area contributed by atoms with Crippen LogP contribution in [0.3, 0.4) is 0 Å². The van der Waals surface area contributed by atoms with Crippen LogP contribution in [0.4, 0.5) is 5.69 Å². The molecule has 5 nitrogen and oxygen atoms in total. The van der Waals surface area contributed by atoms with Crippen molar-refractivity contribution < 1.29 is 9.59 Å². The molecule has 2 aromatic carbocycles. The van der Waals surface area contributed by atoms with E-state index < -0.39 is 6.04 Å². The standard InChI is InChI=1S/C20H21N3O2S/c1-26-14-12-18(23-19(24)16-5-3-2-4-6-16)20(25)22-17-9-7-15(8-10-17)11-13-21/h2-10,18H,11-12,14H2,1H3,(H,22,25)(H,23,24)/t18-/m1/s1. The van der Waals surface area contributed by atoms with Gasteiger partial charge in [-0.2, -0.15) is 17.0 Å². The lowest BCUT2D eigenvalue weighted by Crippen LogP contribution is -2.44. The smallest absolute Gasteiger partial charge is 0.251 e. The zero-order chi connectivity index (χ0) is 18.8. The fourth-order valence-electron chi connectivity index (χ4n) is 2.36. The van der Waals surface area contributed by atoms with E-state index >= 15 is 0 Å². The summed E-state index contributed by atoms with van der Waals surface area (Å²) in [6.07, 6.45) is 2.83. The highest BCUT2D eigenvalue weighted by Crippen LogP contribution is 2.12. The first kappa shape index (κ1) is 19.5. The fourth-order valence-corrected chi connectivity index (χ4v) is 2.83. The van der Waals surface area contributed by atoms with E-state index in [0.29, 0.717) is 24.1 Å². The largest absolute Gasteiger partial charge is 0.340 e. The van der Waals surface area contributed by atoms with Gasteiger partial charge in [0.05, 0.1) is 12.5 Å². The van der Waals surface area contributed by atoms with Crippen molar-refractivity contribution in [3.63, 3.8) is 0 Å². The molecule has 0 saturated heterocycles. The summed E-state index contributed by atoms with van der Waals surface area (Å²) in [4.78, 5) is 25.0. The number of hydrogen-bond donors (Lipinski definition) is 2. The van der Waals surface area contributed by atoms with Gasteiger partial charge in [-0.15, -0.1) is 0 Å². The number of nitrogens with zero attached hydrogens (tertiary/aromatic N) is 1. The predicted molar refractivity (Wildman–Crippen MR) is 105 cm³/mol. The van der Waals surface area contributed by atoms with Crippen molar-refractivity contribution in [2.45, 2.75) is 18.9 Å². The molecule has 2 aromatic rings. The van der Waals surface area contributed by atoms with Crippen LogP contribution in [0.25, 0.3) is 0 Å². The Morgan fingerprint density at radius 2 is 1.81 bits per heavy atom. The summed E-state index contributed by atoms with van der Waals surface area (Å²) in [7, 11) is 0. The Morgan fingerprint density at radius 1 is 1.12 bits per heavy atom. The number of anilines is 1. The molecule has 0 aliphatic rings. The third kappa shape index (κ3) is 5.94. The highest BCUT2D eigenvalue weighted by atomic mass is 32.2. The molecule has 2 N–H and O–H groups in total. The SMILES string of the molecule is CSCC[C@@H](NC(=O)c1ccccc1)C(=O)Nc1ccc(CC#N)cc1. The number of amides is 2. The maximum atomic E-state index is 12.6. The van der Waals surface area contributed by atoms with Crippen molar-refractivity contribution in [1.29, 1.82) is 5.26 Å². The Labute approximate surface area is 157 Å². The molecule has 0 spiro atoms. The second-order valence-electron chi connectivity index (χ2n) is 5.69. The molecule has 2 amide bonds. The van der Waals surface area contributed by atoms with Crippen LogP contribution in [0.2, 0.25) is 0 Å². The Morgan fingerprint density at radius 3 is 2.42 bits per heavy atom. The van der Waals surface area contributed by atoms with Crippen LogP contribution in [-0.4, -0.2) is 29.9 Å². The molecule has 0 aliphatic carbocycles. The molecule has 0 unspecified atom stereocenters. The molecule has 0 aromatic heterocycles. The van der Waals surface area contributed by atoms with Crippen molar-refractivity contribution in [2.75, 3.05) is 17.3 Å². The lowest BCUT2D eigenvalue weighted by molar-refractivity contribution is -0.118. The molecule has 0 fully saturated rings. The number of benzene rings is 2. The highest BCUT2D eigenvalue weighted by Gasteiger charge is 2.21. The van der Waals surface area contributed by atoms with Gasteiger partial charge in [0.1, 0.15) is 6.04 Å². The van der Waals surface area contributed by atoms with Crippen molar-refractivity contribution in [1.82, 2.24) is 5.32 Å². The van der Waals surface area contributed by atoms with E-state index in [1.165, 1.54) is 0 Å². The van der Waals surface area contributed by atoms with Crippen LogP contribution in [0.15, 0.2) is 54.6 Å². The van der Waals surface area contributed by atoms with E-state index in [2.05, 4.69) is 16.7 Å². The Hall–Kier alpha value is -2.78. The number of nitrogens with one attached hydrogen (secondary N) is 2. The van der Waals surface area contributed by atoms with Crippen molar-refractivity contribution in [3.05, 3.63) is 65.7 Å². The van der Waals surface area contributed by atoms with Crippen LogP contribution < -0.4 is 10.6 Å². The summed E-state index contributed by atoms with van der Waals surface area (Å²) in [5, 5.41) is 14.3. The van der Waals surface area contributed by atoms with Gasteiger partial charge >= 0.3 is 0 Å². The molecule has 0 aliphatic heterocycles. The number of thioether (sulfide) groups is 1. The first-order valence-corrected chi connectivity index (χ1v) is 9.65. The normalized spacial score (nSPS) is 11.2. The van der Waals surface area contributed by atoms with E-state index in [-0.39, 0.29) is 11.8 Å². The van der Waals surface area contributed by atoms with Gasteiger partial charge in [-0.3, -0.25) is 9.59 Å². The minimum Gasteiger partial charge on any atom is -0.340 e. The molecule has 6 heteroatoms. The summed E-state index contributed by atoms with van der Waals surface area (Å²) in [6.45, 7) is 0. The molecule has 1 atom stereocenters. The Kier molecular flexibility index (Phi) is 7.72. The van der Waals surface area contributed by atoms with E-state index in [1.807, 2.05) is 12.3 Å². The lowest BCUT2D eigenvalue weighted by atomic mass is 10.1. The average molecular weight is 367 g/mol.